The highest BCUT2D eigenvalue weighted by Crippen LogP contribution is 2.18. The predicted molar refractivity (Wildman–Crippen MR) is 91.8 cm³/mol. The second-order valence-corrected chi connectivity index (χ2v) is 5.74. The van der Waals surface area contributed by atoms with Crippen LogP contribution >= 0.6 is 0 Å². The Bertz CT molecular complexity index is 841. The summed E-state index contributed by atoms with van der Waals surface area (Å²) >= 11 is 0. The molecule has 0 aliphatic heterocycles. The fourth-order valence-electron chi connectivity index (χ4n) is 2.47. The molecule has 0 radical (unpaired) electrons. The Morgan fingerprint density at radius 3 is 2.71 bits per heavy atom. The first-order valence-electron chi connectivity index (χ1n) is 7.75. The van der Waals surface area contributed by atoms with Crippen molar-refractivity contribution in [2.45, 2.75) is 20.0 Å². The Balaban J connectivity index is 1.60. The number of aryl methyl sites for hydroxylation is 1. The molecule has 5 heteroatoms. The van der Waals surface area contributed by atoms with Crippen molar-refractivity contribution >= 4 is 5.91 Å². The molecule has 1 amide bonds. The summed E-state index contributed by atoms with van der Waals surface area (Å²) in [6.07, 6.45) is 3.64. The molecule has 3 aromatic rings. The molecule has 24 heavy (non-hydrogen) atoms. The largest absolute Gasteiger partial charge is 0.507 e. The number of rotatable bonds is 5. The van der Waals surface area contributed by atoms with E-state index in [2.05, 4.69) is 10.4 Å². The second-order valence-electron chi connectivity index (χ2n) is 5.74. The van der Waals surface area contributed by atoms with Crippen LogP contribution in [0.15, 0.2) is 60.9 Å². The van der Waals surface area contributed by atoms with Gasteiger partial charge in [-0.1, -0.05) is 36.4 Å². The van der Waals surface area contributed by atoms with Crippen molar-refractivity contribution in [3.63, 3.8) is 0 Å². The third-order valence-corrected chi connectivity index (χ3v) is 3.73. The number of amides is 1. The van der Waals surface area contributed by atoms with E-state index in [4.69, 9.17) is 0 Å². The number of hydrogen-bond acceptors (Lipinski definition) is 3. The Hall–Kier alpha value is -3.08. The van der Waals surface area contributed by atoms with Gasteiger partial charge in [0.05, 0.1) is 18.3 Å². The maximum absolute atomic E-state index is 12.1. The number of hydrogen-bond donors (Lipinski definition) is 2. The molecule has 122 valence electrons. The topological polar surface area (TPSA) is 67.2 Å². The second kappa shape index (κ2) is 7.00. The molecule has 0 saturated heterocycles. The number of nitrogens with one attached hydrogen (secondary N) is 1. The van der Waals surface area contributed by atoms with Crippen molar-refractivity contribution in [3.8, 4) is 5.75 Å². The Morgan fingerprint density at radius 2 is 1.96 bits per heavy atom. The van der Waals surface area contributed by atoms with Crippen molar-refractivity contribution in [1.29, 1.82) is 0 Å². The van der Waals surface area contributed by atoms with E-state index in [-0.39, 0.29) is 17.2 Å². The van der Waals surface area contributed by atoms with Crippen LogP contribution in [0.2, 0.25) is 0 Å². The Morgan fingerprint density at radius 1 is 1.17 bits per heavy atom. The average molecular weight is 321 g/mol. The number of nitrogens with zero attached hydrogens (tertiary/aromatic N) is 2. The van der Waals surface area contributed by atoms with Crippen LogP contribution in [0.5, 0.6) is 5.75 Å². The van der Waals surface area contributed by atoms with E-state index in [9.17, 15) is 9.90 Å². The van der Waals surface area contributed by atoms with Crippen molar-refractivity contribution in [2.75, 3.05) is 0 Å². The lowest BCUT2D eigenvalue weighted by Gasteiger charge is -2.06. The van der Waals surface area contributed by atoms with Gasteiger partial charge >= 0.3 is 0 Å². The summed E-state index contributed by atoms with van der Waals surface area (Å²) in [5.74, 6) is -0.310. The molecule has 0 aliphatic carbocycles. The van der Waals surface area contributed by atoms with E-state index in [0.717, 1.165) is 11.1 Å². The quantitative estimate of drug-likeness (QED) is 0.759. The summed E-state index contributed by atoms with van der Waals surface area (Å²) in [7, 11) is 0. The molecule has 2 N–H and O–H groups in total. The number of phenolic OH excluding ortho intramolecular Hbond substituents is 1. The first-order chi connectivity index (χ1) is 11.6. The van der Waals surface area contributed by atoms with Gasteiger partial charge in [0.1, 0.15) is 5.75 Å². The number of aromatic nitrogens is 2. The van der Waals surface area contributed by atoms with Gasteiger partial charge in [-0.15, -0.1) is 0 Å². The Kier molecular flexibility index (Phi) is 4.61. The van der Waals surface area contributed by atoms with Crippen LogP contribution in [0, 0.1) is 6.92 Å². The molecule has 0 atom stereocenters. The molecule has 0 aliphatic rings. The van der Waals surface area contributed by atoms with E-state index in [1.165, 1.54) is 5.56 Å². The summed E-state index contributed by atoms with van der Waals surface area (Å²) in [4.78, 5) is 12.1. The van der Waals surface area contributed by atoms with Crippen molar-refractivity contribution in [2.24, 2.45) is 0 Å². The van der Waals surface area contributed by atoms with Gasteiger partial charge < -0.3 is 10.4 Å². The van der Waals surface area contributed by atoms with Crippen LogP contribution in [-0.4, -0.2) is 20.8 Å². The normalized spacial score (nSPS) is 10.5. The molecule has 0 unspecified atom stereocenters. The highest BCUT2D eigenvalue weighted by Gasteiger charge is 2.11. The highest BCUT2D eigenvalue weighted by molar-refractivity contribution is 5.96. The lowest BCUT2D eigenvalue weighted by molar-refractivity contribution is 0.0948. The van der Waals surface area contributed by atoms with Crippen LogP contribution in [0.1, 0.15) is 27.0 Å². The standard InChI is InChI=1S/C19H19N3O2/c1-14-7-8-17(18(23)9-14)19(24)20-10-16-11-21-22(13-16)12-15-5-3-2-4-6-15/h2-9,11,13,23H,10,12H2,1H3,(H,20,24). The minimum Gasteiger partial charge on any atom is -0.507 e. The summed E-state index contributed by atoms with van der Waals surface area (Å²) in [5, 5.41) is 17.0. The molecule has 0 saturated carbocycles. The fourth-order valence-corrected chi connectivity index (χ4v) is 2.47. The minimum absolute atomic E-state index is 0.00715. The minimum atomic E-state index is -0.302. The number of carbonyl (C=O) groups excluding carboxylic acids is 1. The third-order valence-electron chi connectivity index (χ3n) is 3.73. The zero-order chi connectivity index (χ0) is 16.9. The van der Waals surface area contributed by atoms with E-state index in [0.29, 0.717) is 13.1 Å². The van der Waals surface area contributed by atoms with Gasteiger partial charge in [0.25, 0.3) is 5.91 Å². The molecule has 2 aromatic carbocycles. The lowest BCUT2D eigenvalue weighted by atomic mass is 10.1. The van der Waals surface area contributed by atoms with Gasteiger partial charge in [-0.2, -0.15) is 5.10 Å². The van der Waals surface area contributed by atoms with E-state index in [1.807, 2.05) is 48.1 Å². The zero-order valence-electron chi connectivity index (χ0n) is 13.4. The maximum Gasteiger partial charge on any atom is 0.255 e. The third kappa shape index (κ3) is 3.81. The average Bonchev–Trinajstić information content (AvgIpc) is 3.01. The molecule has 1 heterocycles. The molecule has 0 fully saturated rings. The summed E-state index contributed by atoms with van der Waals surface area (Å²) in [6, 6.07) is 15.1. The van der Waals surface area contributed by atoms with Crippen LogP contribution in [-0.2, 0) is 13.1 Å². The summed E-state index contributed by atoms with van der Waals surface area (Å²) in [6.45, 7) is 2.91. The van der Waals surface area contributed by atoms with Gasteiger partial charge in [-0.3, -0.25) is 9.48 Å². The SMILES string of the molecule is Cc1ccc(C(=O)NCc2cnn(Cc3ccccc3)c2)c(O)c1. The van der Waals surface area contributed by atoms with Crippen LogP contribution in [0.3, 0.4) is 0 Å². The lowest BCUT2D eigenvalue weighted by Crippen LogP contribution is -2.22. The molecular formula is C19H19N3O2. The van der Waals surface area contributed by atoms with Gasteiger partial charge in [-0.05, 0) is 30.2 Å². The molecule has 0 bridgehead atoms. The van der Waals surface area contributed by atoms with Gasteiger partial charge in [-0.25, -0.2) is 0 Å². The van der Waals surface area contributed by atoms with Crippen LogP contribution < -0.4 is 5.32 Å². The van der Waals surface area contributed by atoms with E-state index < -0.39 is 0 Å². The molecule has 1 aromatic heterocycles. The fraction of sp³-hybridized carbons (Fsp3) is 0.158. The number of benzene rings is 2. The van der Waals surface area contributed by atoms with Crippen molar-refractivity contribution in [1.82, 2.24) is 15.1 Å². The van der Waals surface area contributed by atoms with Gasteiger partial charge in [0.15, 0.2) is 0 Å². The molecular weight excluding hydrogens is 302 g/mol. The zero-order valence-corrected chi connectivity index (χ0v) is 13.4. The first-order valence-corrected chi connectivity index (χ1v) is 7.75. The van der Waals surface area contributed by atoms with Crippen molar-refractivity contribution in [3.05, 3.63) is 83.2 Å². The first kappa shape index (κ1) is 15.8. The molecule has 0 spiro atoms. The monoisotopic (exact) mass is 321 g/mol. The number of aromatic hydroxyl groups is 1. The number of carbonyl (C=O) groups is 1. The van der Waals surface area contributed by atoms with Crippen molar-refractivity contribution < 1.29 is 9.90 Å². The van der Waals surface area contributed by atoms with Gasteiger partial charge in [0, 0.05) is 18.3 Å². The van der Waals surface area contributed by atoms with E-state index in [1.54, 1.807) is 24.4 Å². The van der Waals surface area contributed by atoms with Crippen LogP contribution in [0.4, 0.5) is 0 Å². The smallest absolute Gasteiger partial charge is 0.255 e. The van der Waals surface area contributed by atoms with Gasteiger partial charge in [0.2, 0.25) is 0 Å². The van der Waals surface area contributed by atoms with Crippen LogP contribution in [0.25, 0.3) is 0 Å². The highest BCUT2D eigenvalue weighted by atomic mass is 16.3. The summed E-state index contributed by atoms with van der Waals surface area (Å²) in [5.41, 5.74) is 3.26. The van der Waals surface area contributed by atoms with E-state index >= 15 is 0 Å². The predicted octanol–water partition coefficient (Wildman–Crippen LogP) is 2.88. The summed E-state index contributed by atoms with van der Waals surface area (Å²) < 4.78 is 1.83. The number of phenols is 1. The molecule has 5 nitrogen and oxygen atoms in total. The maximum atomic E-state index is 12.1. The Labute approximate surface area is 140 Å². The molecule has 3 rings (SSSR count).